The van der Waals surface area contributed by atoms with E-state index in [0.29, 0.717) is 0 Å². The summed E-state index contributed by atoms with van der Waals surface area (Å²) in [5, 5.41) is 5.71. The fraction of sp³-hybridized carbons (Fsp3) is 0.480. The van der Waals surface area contributed by atoms with Crippen LogP contribution in [0.5, 0.6) is 0 Å². The normalized spacial score (nSPS) is 25.2. The number of hydrogen-bond acceptors (Lipinski definition) is 2. The molecule has 1 saturated carbocycles. The third kappa shape index (κ3) is 3.57. The summed E-state index contributed by atoms with van der Waals surface area (Å²) in [4.78, 5) is 12.4. The van der Waals surface area contributed by atoms with Crippen molar-refractivity contribution in [1.29, 1.82) is 0 Å². The second-order valence-corrected chi connectivity index (χ2v) is 14.0. The molecule has 2 aliphatic rings. The van der Waals surface area contributed by atoms with Gasteiger partial charge in [-0.3, -0.25) is 4.79 Å². The van der Waals surface area contributed by atoms with E-state index in [4.69, 9.17) is 4.43 Å². The van der Waals surface area contributed by atoms with Crippen LogP contribution >= 0.6 is 0 Å². The van der Waals surface area contributed by atoms with Crippen LogP contribution in [0.2, 0.25) is 5.04 Å². The van der Waals surface area contributed by atoms with Gasteiger partial charge in [-0.25, -0.2) is 0 Å². The maximum atomic E-state index is 12.4. The van der Waals surface area contributed by atoms with Gasteiger partial charge < -0.3 is 9.74 Å². The van der Waals surface area contributed by atoms with Crippen LogP contribution in [0, 0.1) is 5.41 Å². The van der Waals surface area contributed by atoms with Gasteiger partial charge in [-0.15, -0.1) is 0 Å². The summed E-state index contributed by atoms with van der Waals surface area (Å²) in [5.74, 6) is 0.265. The summed E-state index contributed by atoms with van der Waals surface area (Å²) in [6.07, 6.45) is 5.03. The van der Waals surface area contributed by atoms with E-state index in [2.05, 4.69) is 86.8 Å². The van der Waals surface area contributed by atoms with Crippen LogP contribution in [0.3, 0.4) is 0 Å². The van der Waals surface area contributed by atoms with Crippen LogP contribution in [-0.2, 0) is 9.22 Å². The van der Waals surface area contributed by atoms with E-state index in [1.165, 1.54) is 10.4 Å². The fourth-order valence-corrected chi connectivity index (χ4v) is 10.1. The van der Waals surface area contributed by atoms with Crippen molar-refractivity contribution in [3.05, 3.63) is 60.7 Å². The highest BCUT2D eigenvalue weighted by molar-refractivity contribution is 6.99. The Morgan fingerprint density at radius 1 is 0.897 bits per heavy atom. The quantitative estimate of drug-likeness (QED) is 0.778. The molecule has 1 spiro atoms. The molecule has 1 aliphatic heterocycles. The topological polar surface area (TPSA) is 38.3 Å². The molecule has 2 aromatic carbocycles. The number of nitrogens with one attached hydrogen (secondary N) is 1. The van der Waals surface area contributed by atoms with E-state index in [1.807, 2.05) is 0 Å². The number of amides is 1. The van der Waals surface area contributed by atoms with Crippen molar-refractivity contribution in [2.24, 2.45) is 5.41 Å². The van der Waals surface area contributed by atoms with Gasteiger partial charge in [0.25, 0.3) is 8.32 Å². The van der Waals surface area contributed by atoms with E-state index >= 15 is 0 Å². The zero-order valence-electron chi connectivity index (χ0n) is 17.9. The SMILES string of the molecule is CC(C)(C)[Si](OC1CCC2(CCNC2=O)CC1)(c1ccccc1)c1ccccc1. The van der Waals surface area contributed by atoms with Crippen molar-refractivity contribution in [2.45, 2.75) is 64.0 Å². The molecule has 0 unspecified atom stereocenters. The van der Waals surface area contributed by atoms with Crippen molar-refractivity contribution in [1.82, 2.24) is 5.32 Å². The highest BCUT2D eigenvalue weighted by Gasteiger charge is 2.53. The van der Waals surface area contributed by atoms with E-state index in [-0.39, 0.29) is 22.5 Å². The van der Waals surface area contributed by atoms with Gasteiger partial charge in [0, 0.05) is 12.6 Å². The van der Waals surface area contributed by atoms with Gasteiger partial charge in [-0.1, -0.05) is 81.4 Å². The smallest absolute Gasteiger partial charge is 0.261 e. The summed E-state index contributed by atoms with van der Waals surface area (Å²) in [5.41, 5.74) is -0.134. The van der Waals surface area contributed by atoms with E-state index in [9.17, 15) is 4.79 Å². The van der Waals surface area contributed by atoms with Gasteiger partial charge in [0.15, 0.2) is 0 Å². The minimum atomic E-state index is -2.51. The first kappa shape index (κ1) is 20.4. The van der Waals surface area contributed by atoms with Crippen LogP contribution in [0.1, 0.15) is 52.9 Å². The van der Waals surface area contributed by atoms with E-state index in [1.54, 1.807) is 0 Å². The van der Waals surface area contributed by atoms with Crippen LogP contribution in [0.4, 0.5) is 0 Å². The van der Waals surface area contributed by atoms with Crippen LogP contribution in [-0.4, -0.2) is 26.9 Å². The van der Waals surface area contributed by atoms with Gasteiger partial charge in [0.1, 0.15) is 0 Å². The van der Waals surface area contributed by atoms with Crippen molar-refractivity contribution < 1.29 is 9.22 Å². The molecule has 0 atom stereocenters. The fourth-order valence-electron chi connectivity index (χ4n) is 5.40. The summed E-state index contributed by atoms with van der Waals surface area (Å²) in [7, 11) is -2.51. The molecule has 1 aliphatic carbocycles. The molecule has 1 N–H and O–H groups in total. The maximum Gasteiger partial charge on any atom is 0.261 e. The van der Waals surface area contributed by atoms with Crippen LogP contribution < -0.4 is 15.7 Å². The Morgan fingerprint density at radius 3 is 1.83 bits per heavy atom. The van der Waals surface area contributed by atoms with E-state index in [0.717, 1.165) is 38.6 Å². The minimum absolute atomic E-state index is 0.00439. The first-order chi connectivity index (χ1) is 13.9. The molecule has 3 nitrogen and oxygen atoms in total. The Hall–Kier alpha value is -1.91. The molecule has 4 rings (SSSR count). The number of carbonyl (C=O) groups is 1. The molecular formula is C25H33NO2Si. The lowest BCUT2D eigenvalue weighted by Gasteiger charge is -2.47. The van der Waals surface area contributed by atoms with Crippen molar-refractivity contribution in [3.8, 4) is 0 Å². The van der Waals surface area contributed by atoms with Crippen molar-refractivity contribution >= 4 is 24.6 Å². The summed E-state index contributed by atoms with van der Waals surface area (Å²) >= 11 is 0. The van der Waals surface area contributed by atoms with Crippen molar-refractivity contribution in [3.63, 3.8) is 0 Å². The predicted molar refractivity (Wildman–Crippen MR) is 121 cm³/mol. The molecule has 0 aromatic heterocycles. The molecule has 0 bridgehead atoms. The summed E-state index contributed by atoms with van der Waals surface area (Å²) in [6.45, 7) is 7.81. The van der Waals surface area contributed by atoms with Crippen LogP contribution in [0.25, 0.3) is 0 Å². The predicted octanol–water partition coefficient (Wildman–Crippen LogP) is 4.01. The lowest BCUT2D eigenvalue weighted by Crippen LogP contribution is -2.68. The molecule has 0 radical (unpaired) electrons. The van der Waals surface area contributed by atoms with Gasteiger partial charge in [-0.2, -0.15) is 0 Å². The average Bonchev–Trinajstić information content (AvgIpc) is 3.08. The average molecular weight is 408 g/mol. The third-order valence-electron chi connectivity index (χ3n) is 7.02. The standard InChI is InChI=1S/C25H33NO2Si/c1-24(2,3)29(21-10-6-4-7-11-21,22-12-8-5-9-13-22)28-20-14-16-25(17-15-20)18-19-26-23(25)27/h4-13,20H,14-19H2,1-3H3,(H,26,27). The summed E-state index contributed by atoms with van der Waals surface area (Å²) in [6, 6.07) is 21.7. The largest absolute Gasteiger partial charge is 0.404 e. The molecule has 29 heavy (non-hydrogen) atoms. The van der Waals surface area contributed by atoms with Gasteiger partial charge in [0.2, 0.25) is 5.91 Å². The third-order valence-corrected chi connectivity index (χ3v) is 12.1. The molecule has 1 amide bonds. The first-order valence-electron chi connectivity index (χ1n) is 10.9. The van der Waals surface area contributed by atoms with Gasteiger partial charge in [-0.05, 0) is 47.5 Å². The molecular weight excluding hydrogens is 374 g/mol. The Balaban J connectivity index is 1.69. The zero-order valence-corrected chi connectivity index (χ0v) is 18.9. The Morgan fingerprint density at radius 2 is 1.41 bits per heavy atom. The Kier molecular flexibility index (Phi) is 5.43. The second-order valence-electron chi connectivity index (χ2n) is 9.77. The molecule has 2 aromatic rings. The van der Waals surface area contributed by atoms with Crippen molar-refractivity contribution in [2.75, 3.05) is 6.54 Å². The lowest BCUT2D eigenvalue weighted by molar-refractivity contribution is -0.130. The molecule has 1 saturated heterocycles. The number of rotatable bonds is 4. The number of carbonyl (C=O) groups excluding carboxylic acids is 1. The van der Waals surface area contributed by atoms with Crippen LogP contribution in [0.15, 0.2) is 60.7 Å². The Labute approximate surface area is 176 Å². The highest BCUT2D eigenvalue weighted by atomic mass is 28.4. The maximum absolute atomic E-state index is 12.4. The summed E-state index contributed by atoms with van der Waals surface area (Å²) < 4.78 is 7.26. The lowest BCUT2D eigenvalue weighted by atomic mass is 9.72. The van der Waals surface area contributed by atoms with Gasteiger partial charge in [0.05, 0.1) is 5.41 Å². The number of hydrogen-bond donors (Lipinski definition) is 1. The minimum Gasteiger partial charge on any atom is -0.404 e. The molecule has 2 fully saturated rings. The first-order valence-corrected chi connectivity index (χ1v) is 12.9. The molecule has 1 heterocycles. The monoisotopic (exact) mass is 407 g/mol. The van der Waals surface area contributed by atoms with Gasteiger partial charge >= 0.3 is 0 Å². The highest BCUT2D eigenvalue weighted by Crippen LogP contribution is 2.45. The van der Waals surface area contributed by atoms with E-state index < -0.39 is 8.32 Å². The molecule has 154 valence electrons. The second kappa shape index (κ2) is 7.73. The zero-order chi connectivity index (χ0) is 20.5. The Bertz CT molecular complexity index is 797. The molecule has 4 heteroatoms. The number of benzene rings is 2.